The summed E-state index contributed by atoms with van der Waals surface area (Å²) in [5, 5.41) is 8.23. The van der Waals surface area contributed by atoms with Crippen molar-refractivity contribution in [2.75, 3.05) is 6.61 Å². The fourth-order valence-corrected chi connectivity index (χ4v) is 0.914. The van der Waals surface area contributed by atoms with Gasteiger partial charge in [-0.05, 0) is 12.8 Å². The Kier molecular flexibility index (Phi) is 6.79. The molecule has 0 aromatic heterocycles. The lowest BCUT2D eigenvalue weighted by Gasteiger charge is -2.32. The topological polar surface area (TPSA) is 46.2 Å². The third-order valence-electron chi connectivity index (χ3n) is 1.91. The van der Waals surface area contributed by atoms with E-state index < -0.39 is 37.1 Å². The molecule has 0 bridgehead atoms. The Balaban J connectivity index is 0. The van der Waals surface area contributed by atoms with Gasteiger partial charge in [-0.15, -0.1) is 12.4 Å². The van der Waals surface area contributed by atoms with E-state index >= 15 is 0 Å². The summed E-state index contributed by atoms with van der Waals surface area (Å²) in [6.07, 6.45) is -7.59. The standard InChI is InChI=1S/C7H10F7NO.ClH/c8-5(9,4(15)2-1-3-16)6(10,11)7(12,13)14;/h4,16H,1-3,15H2;1H/t4-;/m0./s1. The third kappa shape index (κ3) is 3.85. The van der Waals surface area contributed by atoms with Crippen molar-refractivity contribution >= 4 is 12.4 Å². The van der Waals surface area contributed by atoms with Gasteiger partial charge in [0.25, 0.3) is 0 Å². The summed E-state index contributed by atoms with van der Waals surface area (Å²) in [5.74, 6) is -11.6. The van der Waals surface area contributed by atoms with Crippen LogP contribution >= 0.6 is 12.4 Å². The molecule has 0 rings (SSSR count). The zero-order valence-electron chi connectivity index (χ0n) is 8.28. The van der Waals surface area contributed by atoms with Crippen molar-refractivity contribution in [1.29, 1.82) is 0 Å². The summed E-state index contributed by atoms with van der Waals surface area (Å²) in [4.78, 5) is 0. The first-order valence-corrected chi connectivity index (χ1v) is 4.17. The molecule has 0 aliphatic rings. The molecular weight excluding hydrogens is 283 g/mol. The van der Waals surface area contributed by atoms with E-state index in [-0.39, 0.29) is 18.8 Å². The molecule has 2 nitrogen and oxygen atoms in total. The van der Waals surface area contributed by atoms with Gasteiger partial charge in [-0.2, -0.15) is 30.7 Å². The molecular formula is C7H11ClF7NO. The van der Waals surface area contributed by atoms with Gasteiger partial charge < -0.3 is 10.8 Å². The van der Waals surface area contributed by atoms with Crippen molar-refractivity contribution in [3.05, 3.63) is 0 Å². The number of hydrogen-bond donors (Lipinski definition) is 2. The fraction of sp³-hybridized carbons (Fsp3) is 1.00. The molecule has 0 aromatic rings. The molecule has 0 aliphatic heterocycles. The van der Waals surface area contributed by atoms with E-state index in [0.29, 0.717) is 0 Å². The maximum Gasteiger partial charge on any atom is 0.459 e. The summed E-state index contributed by atoms with van der Waals surface area (Å²) in [6.45, 7) is -0.624. The third-order valence-corrected chi connectivity index (χ3v) is 1.91. The lowest BCUT2D eigenvalue weighted by Crippen LogP contribution is -2.60. The molecule has 106 valence electrons. The van der Waals surface area contributed by atoms with E-state index in [9.17, 15) is 30.7 Å². The van der Waals surface area contributed by atoms with E-state index in [1.807, 2.05) is 0 Å². The van der Waals surface area contributed by atoms with Crippen molar-refractivity contribution in [3.63, 3.8) is 0 Å². The average molecular weight is 294 g/mol. The van der Waals surface area contributed by atoms with Crippen LogP contribution in [0.2, 0.25) is 0 Å². The molecule has 0 heterocycles. The normalized spacial score (nSPS) is 15.4. The van der Waals surface area contributed by atoms with Gasteiger partial charge in [-0.3, -0.25) is 0 Å². The summed E-state index contributed by atoms with van der Waals surface area (Å²) in [6, 6.07) is -2.67. The zero-order chi connectivity index (χ0) is 13.2. The highest BCUT2D eigenvalue weighted by Crippen LogP contribution is 2.48. The molecule has 17 heavy (non-hydrogen) atoms. The number of hydrogen-bond acceptors (Lipinski definition) is 2. The molecule has 3 N–H and O–H groups in total. The highest BCUT2D eigenvalue weighted by Gasteiger charge is 2.74. The molecule has 0 unspecified atom stereocenters. The first-order chi connectivity index (χ1) is 6.98. The summed E-state index contributed by atoms with van der Waals surface area (Å²) in [7, 11) is 0. The second kappa shape index (κ2) is 6.05. The number of nitrogens with two attached hydrogens (primary N) is 1. The van der Waals surface area contributed by atoms with Crippen molar-refractivity contribution in [1.82, 2.24) is 0 Å². The highest BCUT2D eigenvalue weighted by atomic mass is 35.5. The summed E-state index contributed by atoms with van der Waals surface area (Å²) < 4.78 is 85.2. The minimum atomic E-state index is -6.37. The van der Waals surface area contributed by atoms with E-state index in [1.165, 1.54) is 0 Å². The second-order valence-corrected chi connectivity index (χ2v) is 3.17. The molecule has 0 aromatic carbocycles. The van der Waals surface area contributed by atoms with Gasteiger partial charge in [0.05, 0.1) is 6.04 Å². The van der Waals surface area contributed by atoms with Gasteiger partial charge in [0.15, 0.2) is 0 Å². The monoisotopic (exact) mass is 293 g/mol. The van der Waals surface area contributed by atoms with Crippen molar-refractivity contribution in [2.24, 2.45) is 5.73 Å². The summed E-state index contributed by atoms with van der Waals surface area (Å²) in [5.41, 5.74) is 4.58. The maximum absolute atomic E-state index is 12.7. The number of halogens is 8. The first-order valence-electron chi connectivity index (χ1n) is 4.17. The van der Waals surface area contributed by atoms with Crippen LogP contribution in [0.25, 0.3) is 0 Å². The van der Waals surface area contributed by atoms with E-state index in [2.05, 4.69) is 5.73 Å². The number of aliphatic hydroxyl groups is 1. The van der Waals surface area contributed by atoms with Gasteiger partial charge in [-0.25, -0.2) is 0 Å². The first kappa shape index (κ1) is 19.1. The van der Waals surface area contributed by atoms with Crippen molar-refractivity contribution in [2.45, 2.75) is 36.9 Å². The van der Waals surface area contributed by atoms with Crippen LogP contribution in [0.15, 0.2) is 0 Å². The predicted octanol–water partition coefficient (Wildman–Crippen LogP) is 2.34. The number of rotatable bonds is 5. The van der Waals surface area contributed by atoms with Crippen LogP contribution in [-0.2, 0) is 0 Å². The minimum Gasteiger partial charge on any atom is -0.396 e. The largest absolute Gasteiger partial charge is 0.459 e. The lowest BCUT2D eigenvalue weighted by atomic mass is 9.99. The zero-order valence-corrected chi connectivity index (χ0v) is 9.09. The van der Waals surface area contributed by atoms with Gasteiger partial charge in [-0.1, -0.05) is 0 Å². The summed E-state index contributed by atoms with van der Waals surface area (Å²) >= 11 is 0. The molecule has 0 fully saturated rings. The van der Waals surface area contributed by atoms with Crippen LogP contribution in [0.5, 0.6) is 0 Å². The van der Waals surface area contributed by atoms with E-state index in [0.717, 1.165) is 0 Å². The van der Waals surface area contributed by atoms with Crippen LogP contribution < -0.4 is 5.73 Å². The van der Waals surface area contributed by atoms with Crippen LogP contribution in [0.3, 0.4) is 0 Å². The minimum absolute atomic E-state index is 0. The Bertz CT molecular complexity index is 233. The molecule has 0 radical (unpaired) electrons. The van der Waals surface area contributed by atoms with Gasteiger partial charge >= 0.3 is 18.0 Å². The molecule has 0 aliphatic carbocycles. The number of aliphatic hydroxyl groups excluding tert-OH is 1. The lowest BCUT2D eigenvalue weighted by molar-refractivity contribution is -0.358. The molecule has 1 atom stereocenters. The highest BCUT2D eigenvalue weighted by molar-refractivity contribution is 5.85. The quantitative estimate of drug-likeness (QED) is 0.764. The molecule has 10 heteroatoms. The second-order valence-electron chi connectivity index (χ2n) is 3.17. The van der Waals surface area contributed by atoms with Gasteiger partial charge in [0.2, 0.25) is 0 Å². The van der Waals surface area contributed by atoms with E-state index in [1.54, 1.807) is 0 Å². The Hall–Kier alpha value is -0.280. The fourth-order valence-electron chi connectivity index (χ4n) is 0.914. The predicted molar refractivity (Wildman–Crippen MR) is 47.5 cm³/mol. The van der Waals surface area contributed by atoms with Crippen LogP contribution in [0.4, 0.5) is 30.7 Å². The number of alkyl halides is 7. The molecule has 0 amide bonds. The van der Waals surface area contributed by atoms with Gasteiger partial charge in [0, 0.05) is 6.61 Å². The van der Waals surface area contributed by atoms with E-state index in [4.69, 9.17) is 5.11 Å². The average Bonchev–Trinajstić information content (AvgIpc) is 2.11. The van der Waals surface area contributed by atoms with Gasteiger partial charge in [0.1, 0.15) is 0 Å². The SMILES string of the molecule is Cl.N[C@@H](CCCO)C(F)(F)C(F)(F)C(F)(F)F. The smallest absolute Gasteiger partial charge is 0.396 e. The van der Waals surface area contributed by atoms with Crippen LogP contribution in [0, 0.1) is 0 Å². The Morgan fingerprint density at radius 1 is 1.00 bits per heavy atom. The Morgan fingerprint density at radius 3 is 1.71 bits per heavy atom. The van der Waals surface area contributed by atoms with Crippen LogP contribution in [-0.4, -0.2) is 35.8 Å². The van der Waals surface area contributed by atoms with Crippen molar-refractivity contribution < 1.29 is 35.8 Å². The van der Waals surface area contributed by atoms with Crippen molar-refractivity contribution in [3.8, 4) is 0 Å². The Morgan fingerprint density at radius 2 is 1.41 bits per heavy atom. The van der Waals surface area contributed by atoms with Crippen LogP contribution in [0.1, 0.15) is 12.8 Å². The molecule has 0 saturated carbocycles. The molecule has 0 saturated heterocycles. The maximum atomic E-state index is 12.7. The Labute approximate surface area is 98.4 Å². The molecule has 0 spiro atoms.